The zero-order valence-electron chi connectivity index (χ0n) is 11.4. The average Bonchev–Trinajstić information content (AvgIpc) is 2.74. The molecule has 0 saturated heterocycles. The molecule has 0 saturated carbocycles. The van der Waals surface area contributed by atoms with Gasteiger partial charge in [-0.1, -0.05) is 0 Å². The van der Waals surface area contributed by atoms with Gasteiger partial charge >= 0.3 is 12.3 Å². The van der Waals surface area contributed by atoms with E-state index in [0.29, 0.717) is 23.4 Å². The molecule has 0 radical (unpaired) electrons. The first kappa shape index (κ1) is 15.1. The zero-order chi connectivity index (χ0) is 15.8. The van der Waals surface area contributed by atoms with Gasteiger partial charge < -0.3 is 15.0 Å². The third-order valence-electron chi connectivity index (χ3n) is 3.15. The molecule has 21 heavy (non-hydrogen) atoms. The van der Waals surface area contributed by atoms with Gasteiger partial charge in [0, 0.05) is 6.54 Å². The van der Waals surface area contributed by atoms with Crippen LogP contribution >= 0.6 is 0 Å². The number of nitrogens with zero attached hydrogens (tertiary/aromatic N) is 2. The molecule has 8 heteroatoms. The normalized spacial score (nSPS) is 13.4. The molecule has 1 aromatic carbocycles. The summed E-state index contributed by atoms with van der Waals surface area (Å²) in [6.45, 7) is 3.74. The zero-order valence-corrected chi connectivity index (χ0v) is 11.4. The maximum atomic E-state index is 12.8. The molecule has 2 aromatic rings. The van der Waals surface area contributed by atoms with Crippen LogP contribution in [0.3, 0.4) is 0 Å². The van der Waals surface area contributed by atoms with Crippen molar-refractivity contribution in [3.63, 3.8) is 0 Å². The van der Waals surface area contributed by atoms with Crippen LogP contribution in [-0.2, 0) is 12.7 Å². The number of fused-ring (bicyclic) bond motifs is 1. The molecule has 0 fully saturated rings. The Morgan fingerprint density at radius 3 is 2.67 bits per heavy atom. The minimum atomic E-state index is -4.43. The largest absolute Gasteiger partial charge is 0.465 e. The van der Waals surface area contributed by atoms with E-state index in [2.05, 4.69) is 10.3 Å². The van der Waals surface area contributed by atoms with Crippen LogP contribution < -0.4 is 5.32 Å². The molecule has 0 aliphatic heterocycles. The highest BCUT2D eigenvalue weighted by atomic mass is 19.4. The van der Waals surface area contributed by atoms with Crippen LogP contribution in [0.4, 0.5) is 18.0 Å². The first-order valence-electron chi connectivity index (χ1n) is 6.31. The summed E-state index contributed by atoms with van der Waals surface area (Å²) >= 11 is 0. The minimum Gasteiger partial charge on any atom is -0.465 e. The van der Waals surface area contributed by atoms with Crippen molar-refractivity contribution in [3.8, 4) is 0 Å². The standard InChI is InChI=1S/C13H14F3N3O2/c1-3-19-10-6-8(13(14,15)16)4-5-9(10)18-11(19)7(2)17-12(20)21/h4-7,17H,3H2,1-2H3,(H,20,21). The van der Waals surface area contributed by atoms with Gasteiger partial charge in [-0.15, -0.1) is 0 Å². The highest BCUT2D eigenvalue weighted by Gasteiger charge is 2.31. The van der Waals surface area contributed by atoms with Gasteiger partial charge in [0.2, 0.25) is 0 Å². The Labute approximate surface area is 118 Å². The molecule has 5 nitrogen and oxygen atoms in total. The molecule has 2 N–H and O–H groups in total. The topological polar surface area (TPSA) is 67.2 Å². The van der Waals surface area contributed by atoms with Crippen molar-refractivity contribution >= 4 is 17.1 Å². The van der Waals surface area contributed by atoms with Crippen molar-refractivity contribution < 1.29 is 23.1 Å². The summed E-state index contributed by atoms with van der Waals surface area (Å²) < 4.78 is 39.9. The van der Waals surface area contributed by atoms with E-state index in [1.54, 1.807) is 18.4 Å². The molecule has 114 valence electrons. The number of carboxylic acid groups (broad SMARTS) is 1. The number of nitrogens with one attached hydrogen (secondary N) is 1. The molecule has 0 bridgehead atoms. The van der Waals surface area contributed by atoms with Crippen molar-refractivity contribution in [2.75, 3.05) is 0 Å². The van der Waals surface area contributed by atoms with Crippen LogP contribution in [0.1, 0.15) is 31.3 Å². The Kier molecular flexibility index (Phi) is 3.80. The number of benzene rings is 1. The average molecular weight is 301 g/mol. The first-order chi connectivity index (χ1) is 9.74. The predicted molar refractivity (Wildman–Crippen MR) is 70.0 cm³/mol. The van der Waals surface area contributed by atoms with Gasteiger partial charge in [-0.2, -0.15) is 13.2 Å². The van der Waals surface area contributed by atoms with Crippen molar-refractivity contribution in [1.82, 2.24) is 14.9 Å². The van der Waals surface area contributed by atoms with Gasteiger partial charge in [-0.05, 0) is 32.0 Å². The van der Waals surface area contributed by atoms with Gasteiger partial charge in [0.05, 0.1) is 22.6 Å². The van der Waals surface area contributed by atoms with E-state index in [0.717, 1.165) is 12.1 Å². The summed E-state index contributed by atoms with van der Waals surface area (Å²) in [5, 5.41) is 11.0. The van der Waals surface area contributed by atoms with E-state index >= 15 is 0 Å². The van der Waals surface area contributed by atoms with E-state index in [9.17, 15) is 18.0 Å². The molecular formula is C13H14F3N3O2. The Bertz CT molecular complexity index is 679. The van der Waals surface area contributed by atoms with Crippen LogP contribution in [-0.4, -0.2) is 20.8 Å². The fourth-order valence-corrected chi connectivity index (χ4v) is 2.23. The Balaban J connectivity index is 2.56. The highest BCUT2D eigenvalue weighted by Crippen LogP contribution is 2.32. The molecule has 0 aliphatic carbocycles. The van der Waals surface area contributed by atoms with E-state index in [1.807, 2.05) is 0 Å². The van der Waals surface area contributed by atoms with Crippen molar-refractivity contribution in [1.29, 1.82) is 0 Å². The summed E-state index contributed by atoms with van der Waals surface area (Å²) in [6.07, 6.45) is -5.64. The van der Waals surface area contributed by atoms with Gasteiger partial charge in [0.1, 0.15) is 5.82 Å². The number of halogens is 3. The monoisotopic (exact) mass is 301 g/mol. The van der Waals surface area contributed by atoms with E-state index < -0.39 is 23.9 Å². The summed E-state index contributed by atoms with van der Waals surface area (Å²) in [6, 6.07) is 2.67. The summed E-state index contributed by atoms with van der Waals surface area (Å²) in [5.74, 6) is 0.384. The molecule has 1 aromatic heterocycles. The third-order valence-corrected chi connectivity index (χ3v) is 3.15. The number of hydrogen-bond donors (Lipinski definition) is 2. The number of hydrogen-bond acceptors (Lipinski definition) is 2. The lowest BCUT2D eigenvalue weighted by molar-refractivity contribution is -0.137. The van der Waals surface area contributed by atoms with Crippen LogP contribution in [0.2, 0.25) is 0 Å². The van der Waals surface area contributed by atoms with Crippen LogP contribution in [0.5, 0.6) is 0 Å². The predicted octanol–water partition coefficient (Wildman–Crippen LogP) is 3.40. The lowest BCUT2D eigenvalue weighted by Gasteiger charge is -2.13. The van der Waals surface area contributed by atoms with Gasteiger partial charge in [-0.3, -0.25) is 0 Å². The second-order valence-electron chi connectivity index (χ2n) is 4.59. The number of rotatable bonds is 3. The van der Waals surface area contributed by atoms with Crippen molar-refractivity contribution in [3.05, 3.63) is 29.6 Å². The summed E-state index contributed by atoms with van der Waals surface area (Å²) in [4.78, 5) is 14.9. The lowest BCUT2D eigenvalue weighted by Crippen LogP contribution is -2.26. The SMILES string of the molecule is CCn1c(C(C)NC(=O)O)nc2ccc(C(F)(F)F)cc21. The number of aromatic nitrogens is 2. The number of carbonyl (C=O) groups is 1. The molecule has 1 amide bonds. The van der Waals surface area contributed by atoms with Crippen molar-refractivity contribution in [2.45, 2.75) is 32.6 Å². The molecule has 1 atom stereocenters. The molecule has 2 rings (SSSR count). The quantitative estimate of drug-likeness (QED) is 0.913. The van der Waals surface area contributed by atoms with E-state index in [4.69, 9.17) is 5.11 Å². The van der Waals surface area contributed by atoms with E-state index in [1.165, 1.54) is 6.07 Å². The van der Waals surface area contributed by atoms with Crippen LogP contribution in [0, 0.1) is 0 Å². The van der Waals surface area contributed by atoms with Gasteiger partial charge in [0.15, 0.2) is 0 Å². The van der Waals surface area contributed by atoms with Crippen LogP contribution in [0.25, 0.3) is 11.0 Å². The first-order valence-corrected chi connectivity index (χ1v) is 6.31. The summed E-state index contributed by atoms with van der Waals surface area (Å²) in [7, 11) is 0. The minimum absolute atomic E-state index is 0.335. The Morgan fingerprint density at radius 2 is 2.14 bits per heavy atom. The second kappa shape index (κ2) is 5.27. The van der Waals surface area contributed by atoms with E-state index in [-0.39, 0.29) is 0 Å². The summed E-state index contributed by atoms with van der Waals surface area (Å²) in [5.41, 5.74) is -0.0183. The lowest BCUT2D eigenvalue weighted by atomic mass is 10.2. The Hall–Kier alpha value is -2.25. The fraction of sp³-hybridized carbons (Fsp3) is 0.385. The molecular weight excluding hydrogens is 287 g/mol. The smallest absolute Gasteiger partial charge is 0.416 e. The van der Waals surface area contributed by atoms with Gasteiger partial charge in [-0.25, -0.2) is 9.78 Å². The second-order valence-corrected chi connectivity index (χ2v) is 4.59. The number of alkyl halides is 3. The fourth-order valence-electron chi connectivity index (χ4n) is 2.23. The number of amides is 1. The maximum Gasteiger partial charge on any atom is 0.416 e. The maximum absolute atomic E-state index is 12.8. The van der Waals surface area contributed by atoms with Crippen molar-refractivity contribution in [2.24, 2.45) is 0 Å². The molecule has 1 heterocycles. The number of aryl methyl sites for hydroxylation is 1. The highest BCUT2D eigenvalue weighted by molar-refractivity contribution is 5.77. The van der Waals surface area contributed by atoms with Crippen LogP contribution in [0.15, 0.2) is 18.2 Å². The third kappa shape index (κ3) is 2.93. The van der Waals surface area contributed by atoms with Gasteiger partial charge in [0.25, 0.3) is 0 Å². The number of imidazole rings is 1. The Morgan fingerprint density at radius 1 is 1.48 bits per heavy atom. The molecule has 1 unspecified atom stereocenters. The molecule has 0 aliphatic rings. The molecule has 0 spiro atoms.